The zero-order valence-corrected chi connectivity index (χ0v) is 20.8. The molecule has 0 spiro atoms. The van der Waals surface area contributed by atoms with Crippen molar-refractivity contribution in [2.45, 2.75) is 6.92 Å². The molecule has 186 valence electrons. The number of halogens is 1. The molecule has 0 atom stereocenters. The number of nitrogens with one attached hydrogen (secondary N) is 3. The number of methoxy groups -OCH3 is 2. The molecule has 0 unspecified atom stereocenters. The fourth-order valence-corrected chi connectivity index (χ4v) is 3.31. The SMILES string of the molecule is COc1cc(Nc2cc(Oc3ccc(NC(=O)Nc4ccccc4)cc3)ncn2)cc(OC)c1C.Cl. The van der Waals surface area contributed by atoms with Gasteiger partial charge in [0.05, 0.1) is 14.2 Å². The molecule has 3 N–H and O–H groups in total. The van der Waals surface area contributed by atoms with Gasteiger partial charge in [0.15, 0.2) is 0 Å². The minimum Gasteiger partial charge on any atom is -0.496 e. The number of nitrogens with zero attached hydrogens (tertiary/aromatic N) is 2. The number of rotatable bonds is 8. The highest BCUT2D eigenvalue weighted by Gasteiger charge is 2.10. The first-order chi connectivity index (χ1) is 17.0. The highest BCUT2D eigenvalue weighted by Crippen LogP contribution is 2.33. The van der Waals surface area contributed by atoms with Crippen molar-refractivity contribution in [2.24, 2.45) is 0 Å². The summed E-state index contributed by atoms with van der Waals surface area (Å²) >= 11 is 0. The largest absolute Gasteiger partial charge is 0.496 e. The smallest absolute Gasteiger partial charge is 0.323 e. The third-order valence-corrected chi connectivity index (χ3v) is 5.03. The molecule has 0 radical (unpaired) electrons. The first-order valence-corrected chi connectivity index (χ1v) is 10.8. The molecule has 0 aliphatic rings. The predicted molar refractivity (Wildman–Crippen MR) is 142 cm³/mol. The average molecular weight is 508 g/mol. The Morgan fingerprint density at radius 1 is 0.778 bits per heavy atom. The summed E-state index contributed by atoms with van der Waals surface area (Å²) in [5.41, 5.74) is 2.99. The zero-order chi connectivity index (χ0) is 24.6. The Balaban J connectivity index is 0.00000361. The van der Waals surface area contributed by atoms with Crippen LogP contribution in [0.5, 0.6) is 23.1 Å². The van der Waals surface area contributed by atoms with Crippen LogP contribution in [0.4, 0.5) is 27.7 Å². The van der Waals surface area contributed by atoms with E-state index in [1.165, 1.54) is 6.33 Å². The Bertz CT molecular complexity index is 1280. The summed E-state index contributed by atoms with van der Waals surface area (Å²) in [4.78, 5) is 20.6. The van der Waals surface area contributed by atoms with Gasteiger partial charge >= 0.3 is 6.03 Å². The van der Waals surface area contributed by atoms with E-state index in [2.05, 4.69) is 25.9 Å². The number of benzene rings is 3. The molecule has 4 aromatic rings. The number of carbonyl (C=O) groups excluding carboxylic acids is 1. The molecule has 0 bridgehead atoms. The van der Waals surface area contributed by atoms with Crippen LogP contribution in [0.15, 0.2) is 79.1 Å². The van der Waals surface area contributed by atoms with Crippen molar-refractivity contribution in [3.8, 4) is 23.1 Å². The molecule has 0 fully saturated rings. The zero-order valence-electron chi connectivity index (χ0n) is 19.9. The second-order valence-corrected chi connectivity index (χ2v) is 7.44. The van der Waals surface area contributed by atoms with Gasteiger partial charge in [-0.1, -0.05) is 18.2 Å². The Kier molecular flexibility index (Phi) is 8.90. The molecular weight excluding hydrogens is 482 g/mol. The average Bonchev–Trinajstić information content (AvgIpc) is 2.87. The van der Waals surface area contributed by atoms with Crippen molar-refractivity contribution in [3.05, 3.63) is 84.7 Å². The van der Waals surface area contributed by atoms with Crippen molar-refractivity contribution in [2.75, 3.05) is 30.2 Å². The lowest BCUT2D eigenvalue weighted by molar-refractivity contribution is 0.262. The number of urea groups is 1. The van der Waals surface area contributed by atoms with Crippen LogP contribution in [0.25, 0.3) is 0 Å². The van der Waals surface area contributed by atoms with Crippen LogP contribution in [0, 0.1) is 6.92 Å². The molecule has 0 saturated heterocycles. The summed E-state index contributed by atoms with van der Waals surface area (Å²) in [6, 6.07) is 21.2. The Labute approximate surface area is 215 Å². The van der Waals surface area contributed by atoms with Gasteiger partial charge in [-0.15, -0.1) is 12.4 Å². The monoisotopic (exact) mass is 507 g/mol. The standard InChI is InChI=1S/C26H25N5O4.ClH/c1-17-22(33-2)13-20(14-23(17)34-3)29-24-15-25(28-16-27-24)35-21-11-9-19(10-12-21)31-26(32)30-18-7-5-4-6-8-18;/h4-16H,1-3H3,(H,27,28,29)(H2,30,31,32);1H. The van der Waals surface area contributed by atoms with Crippen LogP contribution in [0.3, 0.4) is 0 Å². The topological polar surface area (TPSA) is 107 Å². The lowest BCUT2D eigenvalue weighted by atomic mass is 10.1. The first-order valence-electron chi connectivity index (χ1n) is 10.8. The Hall–Kier alpha value is -4.50. The number of carbonyl (C=O) groups is 1. The number of hydrogen-bond donors (Lipinski definition) is 3. The lowest BCUT2D eigenvalue weighted by Gasteiger charge is -2.14. The number of ether oxygens (including phenoxy) is 3. The molecule has 0 saturated carbocycles. The number of para-hydroxylation sites is 1. The molecule has 4 rings (SSSR count). The highest BCUT2D eigenvalue weighted by molar-refractivity contribution is 5.99. The fraction of sp³-hybridized carbons (Fsp3) is 0.115. The van der Waals surface area contributed by atoms with Crippen molar-refractivity contribution in [1.29, 1.82) is 0 Å². The summed E-state index contributed by atoms with van der Waals surface area (Å²) < 4.78 is 16.7. The minimum absolute atomic E-state index is 0. The van der Waals surface area contributed by atoms with Crippen LogP contribution in [0.1, 0.15) is 5.56 Å². The van der Waals surface area contributed by atoms with Crippen LogP contribution < -0.4 is 30.2 Å². The van der Waals surface area contributed by atoms with E-state index in [1.54, 1.807) is 44.6 Å². The van der Waals surface area contributed by atoms with Crippen LogP contribution in [-0.2, 0) is 0 Å². The molecular formula is C26H26ClN5O4. The van der Waals surface area contributed by atoms with Crippen LogP contribution in [0.2, 0.25) is 0 Å². The number of anilines is 4. The summed E-state index contributed by atoms with van der Waals surface area (Å²) in [5, 5.41) is 8.76. The molecule has 10 heteroatoms. The van der Waals surface area contributed by atoms with Crippen LogP contribution in [-0.4, -0.2) is 30.2 Å². The van der Waals surface area contributed by atoms with E-state index >= 15 is 0 Å². The second kappa shape index (κ2) is 12.3. The molecule has 36 heavy (non-hydrogen) atoms. The van der Waals surface area contributed by atoms with E-state index < -0.39 is 0 Å². The Morgan fingerprint density at radius 3 is 2.00 bits per heavy atom. The first kappa shape index (κ1) is 26.1. The van der Waals surface area contributed by atoms with Crippen LogP contribution >= 0.6 is 12.4 Å². The maximum atomic E-state index is 12.2. The Morgan fingerprint density at radius 2 is 1.39 bits per heavy atom. The van der Waals surface area contributed by atoms with Gasteiger partial charge < -0.3 is 30.2 Å². The van der Waals surface area contributed by atoms with E-state index in [4.69, 9.17) is 14.2 Å². The molecule has 3 aromatic carbocycles. The lowest BCUT2D eigenvalue weighted by Crippen LogP contribution is -2.19. The van der Waals surface area contributed by atoms with E-state index in [1.807, 2.05) is 49.4 Å². The summed E-state index contributed by atoms with van der Waals surface area (Å²) in [7, 11) is 3.22. The third kappa shape index (κ3) is 6.77. The molecule has 1 heterocycles. The van der Waals surface area contributed by atoms with Gasteiger partial charge in [-0.3, -0.25) is 0 Å². The van der Waals surface area contributed by atoms with Gasteiger partial charge in [0.25, 0.3) is 0 Å². The second-order valence-electron chi connectivity index (χ2n) is 7.44. The minimum atomic E-state index is -0.333. The maximum Gasteiger partial charge on any atom is 0.323 e. The van der Waals surface area contributed by atoms with Gasteiger partial charge in [0, 0.05) is 40.8 Å². The van der Waals surface area contributed by atoms with Crippen molar-refractivity contribution < 1.29 is 19.0 Å². The molecule has 0 aliphatic carbocycles. The summed E-state index contributed by atoms with van der Waals surface area (Å²) in [6.45, 7) is 1.93. The van der Waals surface area contributed by atoms with Crippen molar-refractivity contribution in [1.82, 2.24) is 9.97 Å². The van der Waals surface area contributed by atoms with Gasteiger partial charge in [-0.05, 0) is 43.3 Å². The van der Waals surface area contributed by atoms with Crippen molar-refractivity contribution >= 4 is 41.3 Å². The number of amides is 2. The van der Waals surface area contributed by atoms with E-state index in [9.17, 15) is 4.79 Å². The molecule has 2 amide bonds. The van der Waals surface area contributed by atoms with E-state index in [0.717, 1.165) is 11.3 Å². The normalized spacial score (nSPS) is 9.97. The van der Waals surface area contributed by atoms with Gasteiger partial charge in [-0.25, -0.2) is 14.8 Å². The quantitative estimate of drug-likeness (QED) is 0.253. The van der Waals surface area contributed by atoms with Gasteiger partial charge in [0.1, 0.15) is 29.4 Å². The maximum absolute atomic E-state index is 12.2. The third-order valence-electron chi connectivity index (χ3n) is 5.03. The fourth-order valence-electron chi connectivity index (χ4n) is 3.31. The van der Waals surface area contributed by atoms with E-state index in [0.29, 0.717) is 40.3 Å². The van der Waals surface area contributed by atoms with Gasteiger partial charge in [-0.2, -0.15) is 0 Å². The summed E-state index contributed by atoms with van der Waals surface area (Å²) in [5.74, 6) is 2.85. The molecule has 0 aliphatic heterocycles. The summed E-state index contributed by atoms with van der Waals surface area (Å²) in [6.07, 6.45) is 1.41. The predicted octanol–water partition coefficient (Wildman–Crippen LogP) is 6.40. The van der Waals surface area contributed by atoms with Crippen molar-refractivity contribution in [3.63, 3.8) is 0 Å². The van der Waals surface area contributed by atoms with Gasteiger partial charge in [0.2, 0.25) is 5.88 Å². The van der Waals surface area contributed by atoms with E-state index in [-0.39, 0.29) is 18.4 Å². The molecule has 9 nitrogen and oxygen atoms in total. The molecule has 1 aromatic heterocycles. The number of hydrogen-bond acceptors (Lipinski definition) is 7. The number of aromatic nitrogens is 2. The highest BCUT2D eigenvalue weighted by atomic mass is 35.5.